The lowest BCUT2D eigenvalue weighted by Crippen LogP contribution is -2.31. The molecule has 1 aliphatic rings. The van der Waals surface area contributed by atoms with Crippen LogP contribution in [-0.4, -0.2) is 59.1 Å². The van der Waals surface area contributed by atoms with Gasteiger partial charge in [-0.15, -0.1) is 0 Å². The Labute approximate surface area is 230 Å². The van der Waals surface area contributed by atoms with Crippen LogP contribution in [0.5, 0.6) is 0 Å². The van der Waals surface area contributed by atoms with E-state index in [4.69, 9.17) is 0 Å². The van der Waals surface area contributed by atoms with Crippen LogP contribution in [-0.2, 0) is 10.0 Å². The first kappa shape index (κ1) is 26.1. The van der Waals surface area contributed by atoms with E-state index in [-0.39, 0.29) is 11.3 Å². The van der Waals surface area contributed by atoms with Gasteiger partial charge in [0.1, 0.15) is 11.6 Å². The summed E-state index contributed by atoms with van der Waals surface area (Å²) in [7, 11) is -1.46. The number of pyridine rings is 1. The van der Waals surface area contributed by atoms with Crippen LogP contribution in [0.25, 0.3) is 38.9 Å². The smallest absolute Gasteiger partial charge is 0.229 e. The molecule has 1 saturated heterocycles. The van der Waals surface area contributed by atoms with E-state index in [2.05, 4.69) is 37.7 Å². The van der Waals surface area contributed by atoms with Gasteiger partial charge in [0.05, 0.1) is 30.2 Å². The molecule has 3 aromatic heterocycles. The normalized spacial score (nSPS) is 15.1. The van der Waals surface area contributed by atoms with E-state index in [1.807, 2.05) is 24.5 Å². The van der Waals surface area contributed by atoms with E-state index >= 15 is 0 Å². The quantitative estimate of drug-likeness (QED) is 0.298. The van der Waals surface area contributed by atoms with E-state index in [0.717, 1.165) is 60.5 Å². The van der Waals surface area contributed by atoms with E-state index in [1.165, 1.54) is 18.2 Å². The van der Waals surface area contributed by atoms with E-state index < -0.39 is 21.7 Å². The Morgan fingerprint density at radius 1 is 0.850 bits per heavy atom. The predicted molar refractivity (Wildman–Crippen MR) is 151 cm³/mol. The first-order valence-electron chi connectivity index (χ1n) is 12.9. The molecule has 0 bridgehead atoms. The number of aromatic nitrogens is 4. The summed E-state index contributed by atoms with van der Waals surface area (Å²) in [5.41, 5.74) is 4.91. The van der Waals surface area contributed by atoms with Crippen molar-refractivity contribution < 1.29 is 17.2 Å². The second-order valence-corrected chi connectivity index (χ2v) is 12.1. The highest BCUT2D eigenvalue weighted by atomic mass is 32.2. The standard InChI is InChI=1S/C29H28F2N6O2S/c1-35-9-7-25(8-10-35)36-18-22(15-32-36)19-3-6-29-27(16-33-37(29)17-19)21-11-20(12-24(13-21)34-40(2,38)39)26-5-4-23(30)14-28(26)31/h3-6,11-18,25,34H,7-10H2,1-2H3. The highest BCUT2D eigenvalue weighted by molar-refractivity contribution is 7.92. The zero-order chi connectivity index (χ0) is 28.0. The second kappa shape index (κ2) is 10.1. The maximum absolute atomic E-state index is 14.7. The first-order chi connectivity index (χ1) is 19.1. The van der Waals surface area contributed by atoms with Crippen LogP contribution in [0.1, 0.15) is 18.9 Å². The van der Waals surface area contributed by atoms with Crippen LogP contribution in [0.4, 0.5) is 14.5 Å². The van der Waals surface area contributed by atoms with Gasteiger partial charge in [0, 0.05) is 46.4 Å². The Kier molecular flexibility index (Phi) is 6.63. The summed E-state index contributed by atoms with van der Waals surface area (Å²) in [5, 5.41) is 9.17. The molecule has 206 valence electrons. The molecule has 8 nitrogen and oxygen atoms in total. The maximum Gasteiger partial charge on any atom is 0.229 e. The number of likely N-dealkylation sites (tertiary alicyclic amines) is 1. The number of hydrogen-bond acceptors (Lipinski definition) is 5. The molecule has 6 rings (SSSR count). The van der Waals surface area contributed by atoms with Crippen molar-refractivity contribution in [2.24, 2.45) is 0 Å². The lowest BCUT2D eigenvalue weighted by molar-refractivity contribution is 0.212. The molecule has 1 fully saturated rings. The monoisotopic (exact) mass is 562 g/mol. The molecule has 0 unspecified atom stereocenters. The van der Waals surface area contributed by atoms with E-state index in [1.54, 1.807) is 22.8 Å². The number of sulfonamides is 1. The van der Waals surface area contributed by atoms with Crippen molar-refractivity contribution in [3.8, 4) is 33.4 Å². The van der Waals surface area contributed by atoms with Crippen molar-refractivity contribution in [1.29, 1.82) is 0 Å². The average Bonchev–Trinajstić information content (AvgIpc) is 3.55. The van der Waals surface area contributed by atoms with Crippen molar-refractivity contribution in [2.75, 3.05) is 31.1 Å². The number of halogens is 2. The Balaban J connectivity index is 1.37. The third-order valence-corrected chi connectivity index (χ3v) is 7.91. The van der Waals surface area contributed by atoms with Crippen molar-refractivity contribution in [1.82, 2.24) is 24.3 Å². The molecule has 0 saturated carbocycles. The summed E-state index contributed by atoms with van der Waals surface area (Å²) in [5.74, 6) is -1.44. The van der Waals surface area contributed by atoms with Gasteiger partial charge in [-0.3, -0.25) is 9.40 Å². The molecule has 11 heteroatoms. The summed E-state index contributed by atoms with van der Waals surface area (Å²) in [6.45, 7) is 2.11. The van der Waals surface area contributed by atoms with Crippen molar-refractivity contribution in [2.45, 2.75) is 18.9 Å². The predicted octanol–water partition coefficient (Wildman–Crippen LogP) is 5.45. The molecule has 2 aromatic carbocycles. The van der Waals surface area contributed by atoms with Crippen LogP contribution < -0.4 is 4.72 Å². The van der Waals surface area contributed by atoms with E-state index in [0.29, 0.717) is 17.2 Å². The summed E-state index contributed by atoms with van der Waals surface area (Å²) in [6, 6.07) is 12.6. The summed E-state index contributed by atoms with van der Waals surface area (Å²) < 4.78 is 58.5. The van der Waals surface area contributed by atoms with Crippen molar-refractivity contribution >= 4 is 21.2 Å². The lowest BCUT2D eigenvalue weighted by Gasteiger charge is -2.28. The van der Waals surface area contributed by atoms with Gasteiger partial charge in [-0.2, -0.15) is 10.2 Å². The van der Waals surface area contributed by atoms with Gasteiger partial charge in [-0.1, -0.05) is 6.07 Å². The van der Waals surface area contributed by atoms with Gasteiger partial charge >= 0.3 is 0 Å². The van der Waals surface area contributed by atoms with E-state index in [9.17, 15) is 17.2 Å². The van der Waals surface area contributed by atoms with Gasteiger partial charge in [0.15, 0.2) is 0 Å². The number of anilines is 1. The molecule has 40 heavy (non-hydrogen) atoms. The molecule has 5 aromatic rings. The van der Waals surface area contributed by atoms with Gasteiger partial charge in [0.2, 0.25) is 10.0 Å². The number of piperidine rings is 1. The fourth-order valence-corrected chi connectivity index (χ4v) is 5.80. The molecule has 0 atom stereocenters. The summed E-state index contributed by atoms with van der Waals surface area (Å²) in [4.78, 5) is 2.33. The Morgan fingerprint density at radius 2 is 1.60 bits per heavy atom. The van der Waals surface area contributed by atoms with Gasteiger partial charge in [-0.05, 0) is 80.5 Å². The lowest BCUT2D eigenvalue weighted by atomic mass is 9.98. The van der Waals surface area contributed by atoms with Crippen LogP contribution in [0.3, 0.4) is 0 Å². The number of hydrogen-bond donors (Lipinski definition) is 1. The minimum absolute atomic E-state index is 0.153. The highest BCUT2D eigenvalue weighted by Gasteiger charge is 2.20. The molecule has 0 amide bonds. The zero-order valence-electron chi connectivity index (χ0n) is 22.1. The van der Waals surface area contributed by atoms with Crippen LogP contribution in [0.15, 0.2) is 73.3 Å². The maximum atomic E-state index is 14.7. The van der Waals surface area contributed by atoms with Crippen LogP contribution in [0.2, 0.25) is 0 Å². The highest BCUT2D eigenvalue weighted by Crippen LogP contribution is 2.35. The van der Waals surface area contributed by atoms with Gasteiger partial charge < -0.3 is 4.90 Å². The molecule has 4 heterocycles. The SMILES string of the molecule is CN1CCC(n2cc(-c3ccc4c(-c5cc(NS(C)(=O)=O)cc(-c6ccc(F)cc6F)c5)cnn4c3)cn2)CC1. The van der Waals surface area contributed by atoms with Crippen LogP contribution in [0, 0.1) is 11.6 Å². The largest absolute Gasteiger partial charge is 0.306 e. The third kappa shape index (κ3) is 5.34. The minimum atomic E-state index is -3.60. The first-order valence-corrected chi connectivity index (χ1v) is 14.8. The Morgan fingerprint density at radius 3 is 2.33 bits per heavy atom. The molecule has 1 aliphatic heterocycles. The number of fused-ring (bicyclic) bond motifs is 1. The molecular weight excluding hydrogens is 534 g/mol. The topological polar surface area (TPSA) is 84.5 Å². The number of benzene rings is 2. The van der Waals surface area contributed by atoms with Crippen molar-refractivity contribution in [3.05, 3.63) is 85.0 Å². The Bertz CT molecular complexity index is 1820. The fourth-order valence-electron chi connectivity index (χ4n) is 5.26. The zero-order valence-corrected chi connectivity index (χ0v) is 22.9. The van der Waals surface area contributed by atoms with Gasteiger partial charge in [-0.25, -0.2) is 21.7 Å². The van der Waals surface area contributed by atoms with Crippen molar-refractivity contribution in [3.63, 3.8) is 0 Å². The molecule has 1 N–H and O–H groups in total. The minimum Gasteiger partial charge on any atom is -0.306 e. The molecular formula is C29H28F2N6O2S. The summed E-state index contributed by atoms with van der Waals surface area (Å²) >= 11 is 0. The third-order valence-electron chi connectivity index (χ3n) is 7.30. The molecule has 0 aliphatic carbocycles. The average molecular weight is 563 g/mol. The number of rotatable bonds is 6. The van der Waals surface area contributed by atoms with Crippen LogP contribution >= 0.6 is 0 Å². The molecule has 0 radical (unpaired) electrons. The van der Waals surface area contributed by atoms with Gasteiger partial charge in [0.25, 0.3) is 0 Å². The molecule has 0 spiro atoms. The number of nitrogens with one attached hydrogen (secondary N) is 1. The Hall–Kier alpha value is -4.09. The summed E-state index contributed by atoms with van der Waals surface area (Å²) in [6.07, 6.45) is 10.7. The second-order valence-electron chi connectivity index (χ2n) is 10.3. The number of nitrogens with zero attached hydrogens (tertiary/aromatic N) is 5. The fraction of sp³-hybridized carbons (Fsp3) is 0.241.